The van der Waals surface area contributed by atoms with Crippen LogP contribution in [-0.2, 0) is 0 Å². The molecule has 2 fully saturated rings. The van der Waals surface area contributed by atoms with E-state index in [4.69, 9.17) is 0 Å². The number of hydrogen-bond donors (Lipinski definition) is 4. The predicted octanol–water partition coefficient (Wildman–Crippen LogP) is -0.333. The van der Waals surface area contributed by atoms with Crippen molar-refractivity contribution in [2.45, 2.75) is 44.7 Å². The average Bonchev–Trinajstić information content (AvgIpc) is 3.53. The molecule has 0 unspecified atom stereocenters. The van der Waals surface area contributed by atoms with Gasteiger partial charge in [0, 0.05) is 11.3 Å². The predicted molar refractivity (Wildman–Crippen MR) is 97.0 cm³/mol. The van der Waals surface area contributed by atoms with Crippen LogP contribution in [0.1, 0.15) is 38.3 Å². The Balaban J connectivity index is 1.66. The minimum atomic E-state index is -0.477. The number of nitrogens with one attached hydrogen (secondary N) is 3. The molecule has 5 rings (SSSR count). The normalized spacial score (nSPS) is 19.7. The number of anilines is 1. The van der Waals surface area contributed by atoms with Crippen molar-refractivity contribution in [2.75, 3.05) is 5.32 Å². The topological polar surface area (TPSA) is 136 Å². The standard InChI is InChI=1S/C17H20N8O2/c1-8(9-2-3-9)19-15-22-13-10(6-12-14(26)23-17(27)21-12)7-18-25(13)16(24-15)20-11-4-5-11/h6-9,11,26H,2-5H2,1H3,(H,19,20,24)(H2,21,23,27)/b10-6-/t8-/m0/s1. The first kappa shape index (κ1) is 16.0. The van der Waals surface area contributed by atoms with Crippen LogP contribution in [-0.4, -0.2) is 46.7 Å². The fourth-order valence-electron chi connectivity index (χ4n) is 3.06. The van der Waals surface area contributed by atoms with Crippen LogP contribution in [0.25, 0.3) is 11.7 Å². The molecule has 0 saturated heterocycles. The number of nitrogens with zero attached hydrogens (tertiary/aromatic N) is 5. The zero-order valence-corrected chi connectivity index (χ0v) is 14.8. The van der Waals surface area contributed by atoms with Gasteiger partial charge < -0.3 is 15.4 Å². The Morgan fingerprint density at radius 2 is 2.15 bits per heavy atom. The molecule has 2 saturated carbocycles. The Bertz CT molecular complexity index is 1180. The molecule has 1 atom stereocenters. The molecule has 4 N–H and O–H groups in total. The number of aromatic nitrogens is 6. The number of imidazole rings is 1. The molecule has 3 aromatic heterocycles. The number of aromatic hydroxyl groups is 1. The lowest BCUT2D eigenvalue weighted by molar-refractivity contribution is 0.454. The molecule has 0 bridgehead atoms. The van der Waals surface area contributed by atoms with Crippen molar-refractivity contribution in [3.8, 4) is 5.88 Å². The summed E-state index contributed by atoms with van der Waals surface area (Å²) in [6.07, 6.45) is 7.81. The zero-order valence-electron chi connectivity index (χ0n) is 14.8. The Morgan fingerprint density at radius 1 is 1.33 bits per heavy atom. The van der Waals surface area contributed by atoms with Crippen molar-refractivity contribution in [3.63, 3.8) is 0 Å². The van der Waals surface area contributed by atoms with Gasteiger partial charge in [-0.1, -0.05) is 0 Å². The van der Waals surface area contributed by atoms with Gasteiger partial charge >= 0.3 is 5.69 Å². The summed E-state index contributed by atoms with van der Waals surface area (Å²) in [5.41, 5.74) is 0.876. The summed E-state index contributed by atoms with van der Waals surface area (Å²) < 4.78 is 1.60. The first-order valence-corrected chi connectivity index (χ1v) is 9.16. The number of rotatable bonds is 5. The van der Waals surface area contributed by atoms with Crippen LogP contribution in [0.15, 0.2) is 16.0 Å². The molecule has 3 heterocycles. The zero-order chi connectivity index (χ0) is 18.5. The van der Waals surface area contributed by atoms with E-state index in [2.05, 4.69) is 42.3 Å². The minimum absolute atomic E-state index is 0.225. The van der Waals surface area contributed by atoms with Gasteiger partial charge in [0.15, 0.2) is 5.65 Å². The lowest BCUT2D eigenvalue weighted by Gasteiger charge is -2.12. The molecular formula is C17H20N8O2. The van der Waals surface area contributed by atoms with E-state index in [-0.39, 0.29) is 11.6 Å². The molecule has 0 spiro atoms. The van der Waals surface area contributed by atoms with Crippen LogP contribution in [0, 0.1) is 5.92 Å². The molecule has 3 aromatic rings. The largest absolute Gasteiger partial charge is 0.493 e. The molecule has 10 nitrogen and oxygen atoms in total. The summed E-state index contributed by atoms with van der Waals surface area (Å²) in [6.45, 7) is 2.13. The lowest BCUT2D eigenvalue weighted by Crippen LogP contribution is -2.27. The third-order valence-electron chi connectivity index (χ3n) is 4.94. The van der Waals surface area contributed by atoms with E-state index in [0.717, 1.165) is 12.8 Å². The van der Waals surface area contributed by atoms with E-state index < -0.39 is 5.69 Å². The Labute approximate surface area is 153 Å². The van der Waals surface area contributed by atoms with Crippen LogP contribution < -0.4 is 21.8 Å². The van der Waals surface area contributed by atoms with E-state index in [1.54, 1.807) is 16.8 Å². The van der Waals surface area contributed by atoms with Gasteiger partial charge in [0.2, 0.25) is 11.8 Å². The molecule has 2 aliphatic carbocycles. The monoisotopic (exact) mass is 368 g/mol. The Kier molecular flexibility index (Phi) is 3.52. The minimum Gasteiger partial charge on any atom is -0.493 e. The molecule has 2 aliphatic rings. The highest BCUT2D eigenvalue weighted by Crippen LogP contribution is 2.33. The van der Waals surface area contributed by atoms with Gasteiger partial charge in [-0.15, -0.1) is 0 Å². The summed E-state index contributed by atoms with van der Waals surface area (Å²) in [5.74, 6) is 0.951. The quantitative estimate of drug-likeness (QED) is 0.487. The van der Waals surface area contributed by atoms with Gasteiger partial charge in [-0.25, -0.2) is 9.79 Å². The van der Waals surface area contributed by atoms with E-state index in [1.165, 1.54) is 12.8 Å². The van der Waals surface area contributed by atoms with Crippen molar-refractivity contribution in [2.24, 2.45) is 10.9 Å². The van der Waals surface area contributed by atoms with Crippen LogP contribution >= 0.6 is 0 Å². The fraction of sp³-hybridized carbons (Fsp3) is 0.471. The fourth-order valence-corrected chi connectivity index (χ4v) is 3.06. The molecule has 0 aliphatic heterocycles. The highest BCUT2D eigenvalue weighted by atomic mass is 16.3. The highest BCUT2D eigenvalue weighted by molar-refractivity contribution is 5.57. The Hall–Kier alpha value is -3.17. The second-order valence-electron chi connectivity index (χ2n) is 7.30. The second kappa shape index (κ2) is 5.93. The molecular weight excluding hydrogens is 348 g/mol. The van der Waals surface area contributed by atoms with Crippen LogP contribution in [0.2, 0.25) is 0 Å². The third kappa shape index (κ3) is 3.18. The van der Waals surface area contributed by atoms with E-state index in [0.29, 0.717) is 40.4 Å². The molecule has 0 amide bonds. The van der Waals surface area contributed by atoms with Gasteiger partial charge in [0.1, 0.15) is 5.69 Å². The molecule has 0 aromatic carbocycles. The van der Waals surface area contributed by atoms with Gasteiger partial charge in [-0.2, -0.15) is 19.6 Å². The van der Waals surface area contributed by atoms with Crippen molar-refractivity contribution in [1.82, 2.24) is 29.5 Å². The van der Waals surface area contributed by atoms with Gasteiger partial charge in [-0.3, -0.25) is 4.98 Å². The van der Waals surface area contributed by atoms with Gasteiger partial charge in [-0.05, 0) is 44.6 Å². The van der Waals surface area contributed by atoms with Crippen molar-refractivity contribution in [1.29, 1.82) is 0 Å². The summed E-state index contributed by atoms with van der Waals surface area (Å²) >= 11 is 0. The average molecular weight is 368 g/mol. The van der Waals surface area contributed by atoms with E-state index in [1.807, 2.05) is 0 Å². The van der Waals surface area contributed by atoms with E-state index >= 15 is 0 Å². The number of fused-ring (bicyclic) bond motifs is 1. The maximum Gasteiger partial charge on any atom is 0.326 e. The Morgan fingerprint density at radius 3 is 2.81 bits per heavy atom. The highest BCUT2D eigenvalue weighted by Gasteiger charge is 2.28. The van der Waals surface area contributed by atoms with Crippen LogP contribution in [0.5, 0.6) is 5.88 Å². The third-order valence-corrected chi connectivity index (χ3v) is 4.94. The first-order valence-electron chi connectivity index (χ1n) is 9.16. The maximum absolute atomic E-state index is 11.4. The first-order chi connectivity index (χ1) is 13.1. The number of aromatic amines is 2. The summed E-state index contributed by atoms with van der Waals surface area (Å²) in [4.78, 5) is 30.0. The summed E-state index contributed by atoms with van der Waals surface area (Å²) in [7, 11) is 0. The van der Waals surface area contributed by atoms with Gasteiger partial charge in [0.25, 0.3) is 5.62 Å². The lowest BCUT2D eigenvalue weighted by atomic mass is 10.2. The maximum atomic E-state index is 11.4. The SMILES string of the molecule is C[C@H](Nc1nc(=NC2CC2)n2nc/c(=C/c3[nH]c(=O)[nH]c3O)c2n1)C1CC1. The van der Waals surface area contributed by atoms with Crippen LogP contribution in [0.4, 0.5) is 5.95 Å². The molecule has 27 heavy (non-hydrogen) atoms. The molecule has 140 valence electrons. The number of H-pyrrole nitrogens is 2. The summed E-state index contributed by atoms with van der Waals surface area (Å²) in [6, 6.07) is 0.583. The van der Waals surface area contributed by atoms with Crippen LogP contribution in [0.3, 0.4) is 0 Å². The smallest absolute Gasteiger partial charge is 0.326 e. The molecule has 10 heteroatoms. The summed E-state index contributed by atoms with van der Waals surface area (Å²) in [5, 5.41) is 18.2. The van der Waals surface area contributed by atoms with Crippen molar-refractivity contribution < 1.29 is 5.11 Å². The number of hydrogen-bond acceptors (Lipinski definition) is 7. The second-order valence-corrected chi connectivity index (χ2v) is 7.30. The van der Waals surface area contributed by atoms with Gasteiger partial charge in [0.05, 0.1) is 12.2 Å². The molecule has 0 radical (unpaired) electrons. The van der Waals surface area contributed by atoms with Crippen molar-refractivity contribution >= 4 is 17.7 Å². The van der Waals surface area contributed by atoms with E-state index in [9.17, 15) is 9.90 Å². The van der Waals surface area contributed by atoms with Crippen molar-refractivity contribution in [3.05, 3.63) is 33.2 Å².